The summed E-state index contributed by atoms with van der Waals surface area (Å²) in [4.78, 5) is 38.3. The Labute approximate surface area is 178 Å². The van der Waals surface area contributed by atoms with Gasteiger partial charge in [-0.15, -0.1) is 6.42 Å². The molecule has 2 aromatic rings. The molecule has 2 N–H and O–H groups in total. The zero-order valence-electron chi connectivity index (χ0n) is 16.7. The molecule has 3 amide bonds. The van der Waals surface area contributed by atoms with Crippen LogP contribution in [0.15, 0.2) is 42.5 Å². The third-order valence-electron chi connectivity index (χ3n) is 5.05. The summed E-state index contributed by atoms with van der Waals surface area (Å²) in [5, 5.41) is 5.26. The molecule has 1 heterocycles. The normalized spacial score (nSPS) is 13.9. The first-order valence-electron chi connectivity index (χ1n) is 9.76. The van der Waals surface area contributed by atoms with Crippen LogP contribution >= 0.6 is 0 Å². The number of halogens is 2. The second-order valence-corrected chi connectivity index (χ2v) is 7.18. The first-order chi connectivity index (χ1) is 14.9. The predicted molar refractivity (Wildman–Crippen MR) is 111 cm³/mol. The monoisotopic (exact) mass is 425 g/mol. The molecule has 0 unspecified atom stereocenters. The van der Waals surface area contributed by atoms with Crippen LogP contribution in [0.2, 0.25) is 0 Å². The van der Waals surface area contributed by atoms with Gasteiger partial charge in [0, 0.05) is 36.3 Å². The van der Waals surface area contributed by atoms with Gasteiger partial charge < -0.3 is 15.5 Å². The van der Waals surface area contributed by atoms with Crippen LogP contribution in [-0.4, -0.2) is 42.3 Å². The van der Waals surface area contributed by atoms with Crippen molar-refractivity contribution in [2.45, 2.75) is 12.8 Å². The first-order valence-corrected chi connectivity index (χ1v) is 9.76. The highest BCUT2D eigenvalue weighted by Crippen LogP contribution is 2.20. The van der Waals surface area contributed by atoms with Crippen molar-refractivity contribution in [3.63, 3.8) is 0 Å². The number of nitrogens with one attached hydrogen (secondary N) is 2. The highest BCUT2D eigenvalue weighted by Gasteiger charge is 2.29. The number of rotatable bonds is 5. The molecule has 0 bridgehead atoms. The van der Waals surface area contributed by atoms with Gasteiger partial charge in [0.2, 0.25) is 11.8 Å². The molecule has 1 fully saturated rings. The van der Waals surface area contributed by atoms with E-state index in [1.807, 2.05) is 0 Å². The maximum absolute atomic E-state index is 13.8. The van der Waals surface area contributed by atoms with Crippen molar-refractivity contribution >= 4 is 23.4 Å². The highest BCUT2D eigenvalue weighted by molar-refractivity contribution is 5.96. The Morgan fingerprint density at radius 3 is 2.52 bits per heavy atom. The minimum Gasteiger partial charge on any atom is -0.347 e. The topological polar surface area (TPSA) is 78.5 Å². The molecular weight excluding hydrogens is 404 g/mol. The molecular formula is C23H21F2N3O3. The van der Waals surface area contributed by atoms with Crippen LogP contribution in [-0.2, 0) is 9.59 Å². The third kappa shape index (κ3) is 5.66. The van der Waals surface area contributed by atoms with Gasteiger partial charge in [0.25, 0.3) is 5.91 Å². The lowest BCUT2D eigenvalue weighted by Crippen LogP contribution is -2.44. The molecule has 160 valence electrons. The summed E-state index contributed by atoms with van der Waals surface area (Å²) in [5.74, 6) is -0.761. The van der Waals surface area contributed by atoms with E-state index in [9.17, 15) is 23.2 Å². The fourth-order valence-corrected chi connectivity index (χ4v) is 3.38. The second-order valence-electron chi connectivity index (χ2n) is 7.18. The zero-order chi connectivity index (χ0) is 22.4. The maximum atomic E-state index is 13.8. The van der Waals surface area contributed by atoms with Crippen molar-refractivity contribution in [1.82, 2.24) is 10.2 Å². The summed E-state index contributed by atoms with van der Waals surface area (Å²) in [7, 11) is 0. The molecule has 8 heteroatoms. The lowest BCUT2D eigenvalue weighted by atomic mass is 9.95. The van der Waals surface area contributed by atoms with Crippen molar-refractivity contribution < 1.29 is 23.2 Å². The number of nitrogens with zero attached hydrogens (tertiary/aromatic N) is 1. The predicted octanol–water partition coefficient (Wildman–Crippen LogP) is 2.55. The average molecular weight is 425 g/mol. The number of amides is 3. The number of piperidine rings is 1. The van der Waals surface area contributed by atoms with Gasteiger partial charge in [-0.2, -0.15) is 0 Å². The quantitative estimate of drug-likeness (QED) is 0.723. The average Bonchev–Trinajstić information content (AvgIpc) is 2.77. The lowest BCUT2D eigenvalue weighted by molar-refractivity contribution is -0.128. The fraction of sp³-hybridized carbons (Fsp3) is 0.261. The highest BCUT2D eigenvalue weighted by atomic mass is 19.1. The molecule has 0 spiro atoms. The van der Waals surface area contributed by atoms with Gasteiger partial charge in [-0.25, -0.2) is 8.78 Å². The van der Waals surface area contributed by atoms with Crippen LogP contribution < -0.4 is 10.6 Å². The SMILES string of the molecule is C#Cc1cccc(NC(=O)CNC(=O)C2CCN(C(=O)c3ccc(F)cc3F)CC2)c1. The molecule has 1 saturated heterocycles. The minimum atomic E-state index is -0.913. The Morgan fingerprint density at radius 1 is 1.10 bits per heavy atom. The molecule has 3 rings (SSSR count). The standard InChI is InChI=1S/C23H21F2N3O3/c1-2-15-4-3-5-18(12-15)27-21(29)14-26-22(30)16-8-10-28(11-9-16)23(31)19-7-6-17(24)13-20(19)25/h1,3-7,12-13,16H,8-11,14H2,(H,26,30)(H,27,29). The van der Waals surface area contributed by atoms with Gasteiger partial charge in [-0.3, -0.25) is 14.4 Å². The number of terminal acetylenes is 1. The second kappa shape index (κ2) is 9.85. The summed E-state index contributed by atoms with van der Waals surface area (Å²) < 4.78 is 26.9. The van der Waals surface area contributed by atoms with E-state index < -0.39 is 17.5 Å². The molecule has 1 aliphatic heterocycles. The molecule has 0 atom stereocenters. The van der Waals surface area contributed by atoms with Crippen LogP contribution in [0.5, 0.6) is 0 Å². The zero-order valence-corrected chi connectivity index (χ0v) is 16.7. The Bertz CT molecular complexity index is 1040. The van der Waals surface area contributed by atoms with Crippen LogP contribution in [0.25, 0.3) is 0 Å². The Morgan fingerprint density at radius 2 is 1.84 bits per heavy atom. The summed E-state index contributed by atoms with van der Waals surface area (Å²) in [6.07, 6.45) is 6.09. The number of hydrogen-bond acceptors (Lipinski definition) is 3. The molecule has 0 aromatic heterocycles. The van der Waals surface area contributed by atoms with Gasteiger partial charge >= 0.3 is 0 Å². The molecule has 31 heavy (non-hydrogen) atoms. The fourth-order valence-electron chi connectivity index (χ4n) is 3.38. The summed E-state index contributed by atoms with van der Waals surface area (Å²) >= 11 is 0. The van der Waals surface area contributed by atoms with Crippen LogP contribution in [0.3, 0.4) is 0 Å². The minimum absolute atomic E-state index is 0.195. The van der Waals surface area contributed by atoms with Gasteiger partial charge in [0.05, 0.1) is 12.1 Å². The van der Waals surface area contributed by atoms with Crippen molar-refractivity contribution in [2.75, 3.05) is 25.0 Å². The maximum Gasteiger partial charge on any atom is 0.256 e. The van der Waals surface area contributed by atoms with E-state index >= 15 is 0 Å². The Balaban J connectivity index is 1.46. The van der Waals surface area contributed by atoms with Crippen molar-refractivity contribution in [3.05, 3.63) is 65.2 Å². The molecule has 0 saturated carbocycles. The number of anilines is 1. The first kappa shape index (κ1) is 22.0. The van der Waals surface area contributed by atoms with E-state index in [4.69, 9.17) is 6.42 Å². The van der Waals surface area contributed by atoms with Crippen LogP contribution in [0.4, 0.5) is 14.5 Å². The van der Waals surface area contributed by atoms with Crippen molar-refractivity contribution in [1.29, 1.82) is 0 Å². The Kier molecular flexibility index (Phi) is 6.98. The number of benzene rings is 2. The Hall–Kier alpha value is -3.73. The van der Waals surface area contributed by atoms with E-state index in [0.717, 1.165) is 12.1 Å². The number of carbonyl (C=O) groups excluding carboxylic acids is 3. The van der Waals surface area contributed by atoms with E-state index in [-0.39, 0.29) is 42.9 Å². The molecule has 0 radical (unpaired) electrons. The molecule has 2 aromatic carbocycles. The van der Waals surface area contributed by atoms with Gasteiger partial charge in [-0.05, 0) is 43.2 Å². The smallest absolute Gasteiger partial charge is 0.256 e. The summed E-state index contributed by atoms with van der Waals surface area (Å²) in [6, 6.07) is 9.61. The van der Waals surface area contributed by atoms with E-state index in [2.05, 4.69) is 16.6 Å². The lowest BCUT2D eigenvalue weighted by Gasteiger charge is -2.31. The largest absolute Gasteiger partial charge is 0.347 e. The van der Waals surface area contributed by atoms with E-state index in [1.54, 1.807) is 24.3 Å². The summed E-state index contributed by atoms with van der Waals surface area (Å²) in [6.45, 7) is 0.330. The molecule has 0 aliphatic carbocycles. The number of carbonyl (C=O) groups is 3. The van der Waals surface area contributed by atoms with Gasteiger partial charge in [0.1, 0.15) is 11.6 Å². The van der Waals surface area contributed by atoms with Crippen molar-refractivity contribution in [3.8, 4) is 12.3 Å². The van der Waals surface area contributed by atoms with Gasteiger partial charge in [0.15, 0.2) is 0 Å². The van der Waals surface area contributed by atoms with Crippen molar-refractivity contribution in [2.24, 2.45) is 5.92 Å². The summed E-state index contributed by atoms with van der Waals surface area (Å²) in [5.41, 5.74) is 0.966. The van der Waals surface area contributed by atoms with Crippen LogP contribution in [0.1, 0.15) is 28.8 Å². The number of likely N-dealkylation sites (tertiary alicyclic amines) is 1. The third-order valence-corrected chi connectivity index (χ3v) is 5.05. The van der Waals surface area contributed by atoms with E-state index in [1.165, 1.54) is 4.90 Å². The van der Waals surface area contributed by atoms with Crippen LogP contribution in [0, 0.1) is 29.9 Å². The molecule has 6 nitrogen and oxygen atoms in total. The molecule has 1 aliphatic rings. The van der Waals surface area contributed by atoms with Gasteiger partial charge in [-0.1, -0.05) is 12.0 Å². The number of hydrogen-bond donors (Lipinski definition) is 2. The van der Waals surface area contributed by atoms with E-state index in [0.29, 0.717) is 30.2 Å².